The maximum absolute atomic E-state index is 12.3. The van der Waals surface area contributed by atoms with Crippen molar-refractivity contribution in [2.45, 2.75) is 19.9 Å². The summed E-state index contributed by atoms with van der Waals surface area (Å²) in [5, 5.41) is 3.14. The van der Waals surface area contributed by atoms with Crippen LogP contribution in [0.25, 0.3) is 0 Å². The summed E-state index contributed by atoms with van der Waals surface area (Å²) in [6, 6.07) is 1.90. The quantitative estimate of drug-likeness (QED) is 0.796. The molecule has 0 aromatic carbocycles. The summed E-state index contributed by atoms with van der Waals surface area (Å²) in [7, 11) is 0. The van der Waals surface area contributed by atoms with Crippen molar-refractivity contribution in [3.63, 3.8) is 0 Å². The molecule has 0 aliphatic carbocycles. The molecule has 1 aromatic rings. The van der Waals surface area contributed by atoms with Crippen LogP contribution in [0.4, 0.5) is 5.82 Å². The summed E-state index contributed by atoms with van der Waals surface area (Å²) in [6.45, 7) is 6.21. The van der Waals surface area contributed by atoms with Gasteiger partial charge in [-0.3, -0.25) is 9.59 Å². The Morgan fingerprint density at radius 1 is 1.30 bits per heavy atom. The standard InChI is InChI=1S/C13H19N5O2/c1-10(2)16-12-7-11(14-8-15-12)13(20)18-5-3-17(9-19)4-6-18/h7-10H,3-6H2,1-2H3,(H,14,15,16). The van der Waals surface area contributed by atoms with Crippen LogP contribution in [0.1, 0.15) is 24.3 Å². The summed E-state index contributed by atoms with van der Waals surface area (Å²) in [5.74, 6) is 0.523. The van der Waals surface area contributed by atoms with Gasteiger partial charge in [0.2, 0.25) is 6.41 Å². The molecule has 1 aromatic heterocycles. The minimum absolute atomic E-state index is 0.121. The zero-order chi connectivity index (χ0) is 14.5. The molecule has 2 rings (SSSR count). The van der Waals surface area contributed by atoms with Crippen LogP contribution < -0.4 is 5.32 Å². The molecule has 0 spiro atoms. The molecule has 7 nitrogen and oxygen atoms in total. The highest BCUT2D eigenvalue weighted by Crippen LogP contribution is 2.10. The van der Waals surface area contributed by atoms with Gasteiger partial charge in [0.25, 0.3) is 5.91 Å². The number of anilines is 1. The SMILES string of the molecule is CC(C)Nc1cc(C(=O)N2CCN(C=O)CC2)ncn1. The fourth-order valence-corrected chi connectivity index (χ4v) is 2.04. The summed E-state index contributed by atoms with van der Waals surface area (Å²) in [5.41, 5.74) is 0.378. The first kappa shape index (κ1) is 14.2. The summed E-state index contributed by atoms with van der Waals surface area (Å²) in [6.07, 6.45) is 2.21. The highest BCUT2D eigenvalue weighted by molar-refractivity contribution is 5.93. The van der Waals surface area contributed by atoms with Gasteiger partial charge in [-0.05, 0) is 13.8 Å². The number of nitrogens with zero attached hydrogens (tertiary/aromatic N) is 4. The van der Waals surface area contributed by atoms with E-state index in [9.17, 15) is 9.59 Å². The highest BCUT2D eigenvalue weighted by Gasteiger charge is 2.22. The molecule has 1 N–H and O–H groups in total. The van der Waals surface area contributed by atoms with Crippen LogP contribution in [0.2, 0.25) is 0 Å². The van der Waals surface area contributed by atoms with Gasteiger partial charge in [-0.1, -0.05) is 0 Å². The molecule has 0 unspecified atom stereocenters. The third-order valence-corrected chi connectivity index (χ3v) is 3.07. The van der Waals surface area contributed by atoms with Gasteiger partial charge in [0, 0.05) is 38.3 Å². The predicted octanol–water partition coefficient (Wildman–Crippen LogP) is 0.211. The van der Waals surface area contributed by atoms with Gasteiger partial charge in [-0.15, -0.1) is 0 Å². The Morgan fingerprint density at radius 3 is 2.60 bits per heavy atom. The van der Waals surface area contributed by atoms with Crippen LogP contribution >= 0.6 is 0 Å². The fraction of sp³-hybridized carbons (Fsp3) is 0.538. The zero-order valence-corrected chi connectivity index (χ0v) is 11.7. The van der Waals surface area contributed by atoms with Gasteiger partial charge in [0.05, 0.1) is 0 Å². The Kier molecular flexibility index (Phi) is 4.49. The lowest BCUT2D eigenvalue weighted by Gasteiger charge is -2.32. The van der Waals surface area contributed by atoms with Crippen LogP contribution in [0, 0.1) is 0 Å². The van der Waals surface area contributed by atoms with E-state index in [4.69, 9.17) is 0 Å². The molecule has 2 amide bonds. The van der Waals surface area contributed by atoms with Gasteiger partial charge in [-0.25, -0.2) is 9.97 Å². The first-order valence-electron chi connectivity index (χ1n) is 6.67. The van der Waals surface area contributed by atoms with Gasteiger partial charge in [0.1, 0.15) is 17.8 Å². The van der Waals surface area contributed by atoms with E-state index < -0.39 is 0 Å². The largest absolute Gasteiger partial charge is 0.368 e. The molecule has 0 atom stereocenters. The van der Waals surface area contributed by atoms with E-state index in [0.29, 0.717) is 37.7 Å². The first-order valence-corrected chi connectivity index (χ1v) is 6.67. The normalized spacial score (nSPS) is 15.3. The third kappa shape index (κ3) is 3.43. The second kappa shape index (κ2) is 6.31. The Balaban J connectivity index is 2.04. The Hall–Kier alpha value is -2.18. The van der Waals surface area contributed by atoms with Crippen LogP contribution in [-0.4, -0.2) is 64.3 Å². The fourth-order valence-electron chi connectivity index (χ4n) is 2.04. The number of hydrogen-bond acceptors (Lipinski definition) is 5. The van der Waals surface area contributed by atoms with Crippen LogP contribution in [0.5, 0.6) is 0 Å². The predicted molar refractivity (Wildman–Crippen MR) is 74.3 cm³/mol. The van der Waals surface area contributed by atoms with E-state index in [0.717, 1.165) is 6.41 Å². The molecule has 1 aliphatic rings. The van der Waals surface area contributed by atoms with Crippen molar-refractivity contribution in [3.8, 4) is 0 Å². The van der Waals surface area contributed by atoms with Crippen molar-refractivity contribution in [2.75, 3.05) is 31.5 Å². The van der Waals surface area contributed by atoms with Crippen molar-refractivity contribution in [1.29, 1.82) is 0 Å². The molecule has 7 heteroatoms. The molecule has 1 aliphatic heterocycles. The molecule has 0 saturated carbocycles. The first-order chi connectivity index (χ1) is 9.60. The molecule has 1 saturated heterocycles. The van der Waals surface area contributed by atoms with E-state index in [1.165, 1.54) is 6.33 Å². The van der Waals surface area contributed by atoms with Gasteiger partial charge in [-0.2, -0.15) is 0 Å². The lowest BCUT2D eigenvalue weighted by molar-refractivity contribution is -0.119. The molecule has 1 fully saturated rings. The average molecular weight is 277 g/mol. The molecule has 108 valence electrons. The lowest BCUT2D eigenvalue weighted by atomic mass is 10.2. The Morgan fingerprint density at radius 2 is 2.00 bits per heavy atom. The van der Waals surface area contributed by atoms with Crippen molar-refractivity contribution in [1.82, 2.24) is 19.8 Å². The van der Waals surface area contributed by atoms with E-state index >= 15 is 0 Å². The Bertz CT molecular complexity index is 483. The second-order valence-corrected chi connectivity index (χ2v) is 5.02. The molecule has 0 radical (unpaired) electrons. The highest BCUT2D eigenvalue weighted by atomic mass is 16.2. The molecular weight excluding hydrogens is 258 g/mol. The van der Waals surface area contributed by atoms with Crippen molar-refractivity contribution in [3.05, 3.63) is 18.1 Å². The number of amides is 2. The van der Waals surface area contributed by atoms with E-state index in [1.54, 1.807) is 15.9 Å². The zero-order valence-electron chi connectivity index (χ0n) is 11.7. The molecule has 20 heavy (non-hydrogen) atoms. The monoisotopic (exact) mass is 277 g/mol. The maximum atomic E-state index is 12.3. The Labute approximate surface area is 118 Å². The number of carbonyl (C=O) groups is 2. The summed E-state index contributed by atoms with van der Waals surface area (Å²) >= 11 is 0. The smallest absolute Gasteiger partial charge is 0.272 e. The lowest BCUT2D eigenvalue weighted by Crippen LogP contribution is -2.48. The van der Waals surface area contributed by atoms with Crippen molar-refractivity contribution < 1.29 is 9.59 Å². The number of nitrogens with one attached hydrogen (secondary N) is 1. The van der Waals surface area contributed by atoms with Gasteiger partial charge in [0.15, 0.2) is 0 Å². The molecule has 2 heterocycles. The second-order valence-electron chi connectivity index (χ2n) is 5.02. The van der Waals surface area contributed by atoms with Crippen LogP contribution in [0.15, 0.2) is 12.4 Å². The minimum atomic E-state index is -0.121. The maximum Gasteiger partial charge on any atom is 0.272 e. The van der Waals surface area contributed by atoms with Crippen LogP contribution in [-0.2, 0) is 4.79 Å². The van der Waals surface area contributed by atoms with Crippen LogP contribution in [0.3, 0.4) is 0 Å². The van der Waals surface area contributed by atoms with Gasteiger partial charge < -0.3 is 15.1 Å². The number of piperazine rings is 1. The number of aromatic nitrogens is 2. The number of hydrogen-bond donors (Lipinski definition) is 1. The van der Waals surface area contributed by atoms with E-state index in [1.807, 2.05) is 13.8 Å². The minimum Gasteiger partial charge on any atom is -0.368 e. The van der Waals surface area contributed by atoms with Crippen molar-refractivity contribution in [2.24, 2.45) is 0 Å². The van der Waals surface area contributed by atoms with Gasteiger partial charge >= 0.3 is 0 Å². The molecule has 0 bridgehead atoms. The topological polar surface area (TPSA) is 78.4 Å². The summed E-state index contributed by atoms with van der Waals surface area (Å²) < 4.78 is 0. The number of carbonyl (C=O) groups excluding carboxylic acids is 2. The average Bonchev–Trinajstić information content (AvgIpc) is 2.46. The molecular formula is C13H19N5O2. The van der Waals surface area contributed by atoms with Crippen molar-refractivity contribution >= 4 is 18.1 Å². The van der Waals surface area contributed by atoms with E-state index in [2.05, 4.69) is 15.3 Å². The van der Waals surface area contributed by atoms with E-state index in [-0.39, 0.29) is 11.9 Å². The third-order valence-electron chi connectivity index (χ3n) is 3.07. The summed E-state index contributed by atoms with van der Waals surface area (Å²) in [4.78, 5) is 34.5. The number of rotatable bonds is 4.